The maximum Gasteiger partial charge on any atom is 0.341 e. The normalized spacial score (nSPS) is 10.8. The van der Waals surface area contributed by atoms with Crippen molar-refractivity contribution in [1.29, 1.82) is 0 Å². The van der Waals surface area contributed by atoms with E-state index in [0.717, 1.165) is 16.9 Å². The van der Waals surface area contributed by atoms with Gasteiger partial charge in [-0.15, -0.1) is 11.3 Å². The van der Waals surface area contributed by atoms with Gasteiger partial charge in [-0.2, -0.15) is 0 Å². The molecule has 0 atom stereocenters. The van der Waals surface area contributed by atoms with Crippen molar-refractivity contribution in [3.8, 4) is 0 Å². The number of nitrogens with zero attached hydrogens (tertiary/aromatic N) is 1. The molecule has 0 saturated carbocycles. The maximum absolute atomic E-state index is 12.6. The summed E-state index contributed by atoms with van der Waals surface area (Å²) >= 11 is 13.0. The van der Waals surface area contributed by atoms with E-state index >= 15 is 0 Å². The highest BCUT2D eigenvalue weighted by Gasteiger charge is 2.26. The number of ether oxygens (including phenoxy) is 1. The molecule has 0 aliphatic rings. The van der Waals surface area contributed by atoms with Gasteiger partial charge in [-0.05, 0) is 44.2 Å². The standard InChI is InChI=1S/C20H23Cl2N3O4S/c1-5-29-20(28)16-11(2)17(18(27)23-3)30-19(16)24-15(26)10-25(4)9-12-6-7-13(21)14(22)8-12/h6-8H,5,9-10H2,1-4H3,(H,23,27)(H,24,26). The Hall–Kier alpha value is -2.13. The number of nitrogens with one attached hydrogen (secondary N) is 2. The zero-order chi connectivity index (χ0) is 22.4. The Labute approximate surface area is 189 Å². The van der Waals surface area contributed by atoms with Gasteiger partial charge in [0.05, 0.1) is 33.6 Å². The van der Waals surface area contributed by atoms with Gasteiger partial charge in [-0.1, -0.05) is 29.3 Å². The average Bonchev–Trinajstić information content (AvgIpc) is 2.99. The van der Waals surface area contributed by atoms with Crippen LogP contribution >= 0.6 is 34.5 Å². The van der Waals surface area contributed by atoms with E-state index in [2.05, 4.69) is 10.6 Å². The van der Waals surface area contributed by atoms with Gasteiger partial charge in [0, 0.05) is 13.6 Å². The monoisotopic (exact) mass is 471 g/mol. The number of thiophene rings is 1. The van der Waals surface area contributed by atoms with Crippen molar-refractivity contribution >= 4 is 57.3 Å². The van der Waals surface area contributed by atoms with E-state index in [9.17, 15) is 14.4 Å². The molecule has 2 aromatic rings. The minimum atomic E-state index is -0.583. The summed E-state index contributed by atoms with van der Waals surface area (Å²) in [6, 6.07) is 5.28. The van der Waals surface area contributed by atoms with Crippen LogP contribution in [0, 0.1) is 6.92 Å². The largest absolute Gasteiger partial charge is 0.462 e. The van der Waals surface area contributed by atoms with Gasteiger partial charge in [-0.25, -0.2) is 4.79 Å². The molecule has 1 heterocycles. The number of esters is 1. The van der Waals surface area contributed by atoms with Crippen LogP contribution in [0.2, 0.25) is 10.0 Å². The SMILES string of the molecule is CCOC(=O)c1c(NC(=O)CN(C)Cc2ccc(Cl)c(Cl)c2)sc(C(=O)NC)c1C. The van der Waals surface area contributed by atoms with Crippen molar-refractivity contribution in [2.45, 2.75) is 20.4 Å². The van der Waals surface area contributed by atoms with E-state index in [1.807, 2.05) is 6.07 Å². The van der Waals surface area contributed by atoms with E-state index in [-0.39, 0.29) is 35.5 Å². The van der Waals surface area contributed by atoms with E-state index in [1.165, 1.54) is 7.05 Å². The zero-order valence-electron chi connectivity index (χ0n) is 17.1. The minimum absolute atomic E-state index is 0.0643. The van der Waals surface area contributed by atoms with Crippen molar-refractivity contribution < 1.29 is 19.1 Å². The summed E-state index contributed by atoms with van der Waals surface area (Å²) < 4.78 is 5.09. The molecule has 1 aromatic carbocycles. The van der Waals surface area contributed by atoms with Crippen molar-refractivity contribution in [3.05, 3.63) is 49.8 Å². The van der Waals surface area contributed by atoms with Crippen molar-refractivity contribution in [2.75, 3.05) is 32.6 Å². The third kappa shape index (κ3) is 5.95. The maximum atomic E-state index is 12.6. The molecule has 10 heteroatoms. The van der Waals surface area contributed by atoms with Crippen LogP contribution in [0.15, 0.2) is 18.2 Å². The molecule has 2 N–H and O–H groups in total. The molecule has 0 fully saturated rings. The van der Waals surface area contributed by atoms with Crippen LogP contribution in [0.4, 0.5) is 5.00 Å². The topological polar surface area (TPSA) is 87.7 Å². The molecule has 0 aliphatic carbocycles. The molecular weight excluding hydrogens is 449 g/mol. The molecule has 30 heavy (non-hydrogen) atoms. The van der Waals surface area contributed by atoms with Crippen molar-refractivity contribution in [1.82, 2.24) is 10.2 Å². The van der Waals surface area contributed by atoms with Crippen LogP contribution in [0.1, 0.15) is 38.1 Å². The number of halogens is 2. The molecule has 0 radical (unpaired) electrons. The molecule has 0 unspecified atom stereocenters. The molecule has 1 aromatic heterocycles. The summed E-state index contributed by atoms with van der Waals surface area (Å²) in [5, 5.41) is 6.47. The lowest BCUT2D eigenvalue weighted by atomic mass is 10.1. The summed E-state index contributed by atoms with van der Waals surface area (Å²) in [4.78, 5) is 39.2. The Morgan fingerprint density at radius 2 is 1.90 bits per heavy atom. The number of anilines is 1. The number of hydrogen-bond acceptors (Lipinski definition) is 6. The first-order chi connectivity index (χ1) is 14.2. The first-order valence-corrected chi connectivity index (χ1v) is 10.7. The number of rotatable bonds is 8. The molecule has 0 aliphatic heterocycles. The van der Waals surface area contributed by atoms with Gasteiger partial charge >= 0.3 is 5.97 Å². The fourth-order valence-corrected chi connectivity index (χ4v) is 4.28. The van der Waals surface area contributed by atoms with Crippen molar-refractivity contribution in [2.24, 2.45) is 0 Å². The Morgan fingerprint density at radius 1 is 1.20 bits per heavy atom. The molecule has 162 valence electrons. The number of benzene rings is 1. The minimum Gasteiger partial charge on any atom is -0.462 e. The Bertz CT molecular complexity index is 962. The van der Waals surface area contributed by atoms with Crippen LogP contribution in [0.5, 0.6) is 0 Å². The average molecular weight is 472 g/mol. The highest BCUT2D eigenvalue weighted by Crippen LogP contribution is 2.33. The summed E-state index contributed by atoms with van der Waals surface area (Å²) in [6.07, 6.45) is 0. The van der Waals surface area contributed by atoms with Gasteiger partial charge in [0.15, 0.2) is 0 Å². The smallest absolute Gasteiger partial charge is 0.341 e. The van der Waals surface area contributed by atoms with E-state index in [1.54, 1.807) is 37.9 Å². The highest BCUT2D eigenvalue weighted by molar-refractivity contribution is 7.18. The first-order valence-electron chi connectivity index (χ1n) is 9.12. The fourth-order valence-electron chi connectivity index (χ4n) is 2.80. The number of carbonyl (C=O) groups excluding carboxylic acids is 3. The third-order valence-corrected chi connectivity index (χ3v) is 6.11. The second kappa shape index (κ2) is 10.8. The van der Waals surface area contributed by atoms with E-state index in [0.29, 0.717) is 27.0 Å². The van der Waals surface area contributed by atoms with Crippen LogP contribution in [-0.4, -0.2) is 49.9 Å². The lowest BCUT2D eigenvalue weighted by molar-refractivity contribution is -0.117. The number of amides is 2. The number of likely N-dealkylation sites (N-methyl/N-ethyl adjacent to an activating group) is 1. The highest BCUT2D eigenvalue weighted by atomic mass is 35.5. The number of carbonyl (C=O) groups is 3. The van der Waals surface area contributed by atoms with Crippen LogP contribution in [0.3, 0.4) is 0 Å². The van der Waals surface area contributed by atoms with Gasteiger partial charge in [0.25, 0.3) is 5.91 Å². The van der Waals surface area contributed by atoms with Crippen LogP contribution in [0.25, 0.3) is 0 Å². The fraction of sp³-hybridized carbons (Fsp3) is 0.350. The lowest BCUT2D eigenvalue weighted by Gasteiger charge is -2.16. The Morgan fingerprint density at radius 3 is 2.50 bits per heavy atom. The molecule has 0 saturated heterocycles. The van der Waals surface area contributed by atoms with Gasteiger partial charge in [-0.3, -0.25) is 14.5 Å². The van der Waals surface area contributed by atoms with Gasteiger partial charge in [0.2, 0.25) is 5.91 Å². The third-order valence-electron chi connectivity index (χ3n) is 4.16. The predicted octanol–water partition coefficient (Wildman–Crippen LogP) is 3.97. The molecule has 7 nitrogen and oxygen atoms in total. The second-order valence-corrected chi connectivity index (χ2v) is 8.36. The number of hydrogen-bond donors (Lipinski definition) is 2. The van der Waals surface area contributed by atoms with Crippen molar-refractivity contribution in [3.63, 3.8) is 0 Å². The summed E-state index contributed by atoms with van der Waals surface area (Å²) in [6.45, 7) is 4.06. The second-order valence-electron chi connectivity index (χ2n) is 6.53. The molecular formula is C20H23Cl2N3O4S. The molecule has 0 bridgehead atoms. The molecule has 2 amide bonds. The Balaban J connectivity index is 2.15. The van der Waals surface area contributed by atoms with Gasteiger partial charge < -0.3 is 15.4 Å². The zero-order valence-corrected chi connectivity index (χ0v) is 19.4. The molecule has 0 spiro atoms. The van der Waals surface area contributed by atoms with Crippen LogP contribution in [-0.2, 0) is 16.1 Å². The lowest BCUT2D eigenvalue weighted by Crippen LogP contribution is -2.30. The van der Waals surface area contributed by atoms with Crippen LogP contribution < -0.4 is 10.6 Å². The van der Waals surface area contributed by atoms with E-state index < -0.39 is 5.97 Å². The first kappa shape index (κ1) is 24.1. The quantitative estimate of drug-likeness (QED) is 0.568. The summed E-state index contributed by atoms with van der Waals surface area (Å²) in [5.41, 5.74) is 1.57. The molecule has 2 rings (SSSR count). The van der Waals surface area contributed by atoms with Gasteiger partial charge in [0.1, 0.15) is 5.00 Å². The summed E-state index contributed by atoms with van der Waals surface area (Å²) in [7, 11) is 3.28. The predicted molar refractivity (Wildman–Crippen MR) is 120 cm³/mol. The summed E-state index contributed by atoms with van der Waals surface area (Å²) in [5.74, 6) is -1.24. The Kier molecular flexibility index (Phi) is 8.66. The van der Waals surface area contributed by atoms with E-state index in [4.69, 9.17) is 27.9 Å².